The van der Waals surface area contributed by atoms with Crippen molar-refractivity contribution in [1.82, 2.24) is 9.62 Å². The summed E-state index contributed by atoms with van der Waals surface area (Å²) in [6.45, 7) is 3.35. The van der Waals surface area contributed by atoms with Crippen molar-refractivity contribution in [2.24, 2.45) is 5.92 Å². The van der Waals surface area contributed by atoms with Gasteiger partial charge in [0, 0.05) is 25.6 Å². The third-order valence-electron chi connectivity index (χ3n) is 5.76. The zero-order chi connectivity index (χ0) is 22.3. The van der Waals surface area contributed by atoms with Gasteiger partial charge in [-0.1, -0.05) is 48.0 Å². The van der Waals surface area contributed by atoms with Crippen LogP contribution in [0.1, 0.15) is 36.0 Å². The Hall–Kier alpha value is -2.38. The van der Waals surface area contributed by atoms with Gasteiger partial charge in [0.1, 0.15) is 5.75 Å². The second kappa shape index (κ2) is 10.8. The molecule has 0 radical (unpaired) electrons. The first kappa shape index (κ1) is 23.3. The van der Waals surface area contributed by atoms with Crippen LogP contribution in [0.5, 0.6) is 5.75 Å². The highest BCUT2D eigenvalue weighted by Gasteiger charge is 2.31. The topological polar surface area (TPSA) is 75.7 Å². The molecular weight excluding hydrogens is 412 g/mol. The molecule has 7 heteroatoms. The fourth-order valence-electron chi connectivity index (χ4n) is 4.04. The normalized spacial score (nSPS) is 15.5. The minimum atomic E-state index is -3.37. The van der Waals surface area contributed by atoms with Gasteiger partial charge in [-0.15, -0.1) is 0 Å². The van der Waals surface area contributed by atoms with E-state index < -0.39 is 10.0 Å². The summed E-state index contributed by atoms with van der Waals surface area (Å²) in [6.07, 6.45) is 2.78. The predicted molar refractivity (Wildman–Crippen MR) is 122 cm³/mol. The van der Waals surface area contributed by atoms with Gasteiger partial charge >= 0.3 is 0 Å². The summed E-state index contributed by atoms with van der Waals surface area (Å²) in [7, 11) is -1.71. The van der Waals surface area contributed by atoms with Crippen molar-refractivity contribution in [3.05, 3.63) is 65.2 Å². The molecule has 1 heterocycles. The van der Waals surface area contributed by atoms with Crippen molar-refractivity contribution in [2.45, 2.75) is 38.4 Å². The lowest BCUT2D eigenvalue weighted by Crippen LogP contribution is -2.43. The number of rotatable bonds is 9. The zero-order valence-corrected chi connectivity index (χ0v) is 19.2. The Kier molecular flexibility index (Phi) is 8.09. The standard InChI is InChI=1S/C24H32N2O4S/c1-19-7-5-8-20(17-19)18-31(28,29)26-15-12-22(13-16-26)24(27)25-14-6-10-21-9-3-4-11-23(21)30-2/h3-5,7-9,11,17,22H,6,10,12-16,18H2,1-2H3,(H,25,27). The van der Waals surface area contributed by atoms with Gasteiger partial charge in [0.25, 0.3) is 0 Å². The van der Waals surface area contributed by atoms with E-state index in [2.05, 4.69) is 5.32 Å². The maximum Gasteiger partial charge on any atom is 0.223 e. The van der Waals surface area contributed by atoms with Crippen LogP contribution >= 0.6 is 0 Å². The number of nitrogens with one attached hydrogen (secondary N) is 1. The largest absolute Gasteiger partial charge is 0.496 e. The van der Waals surface area contributed by atoms with Crippen molar-refractivity contribution in [2.75, 3.05) is 26.7 Å². The van der Waals surface area contributed by atoms with E-state index in [0.717, 1.165) is 35.3 Å². The van der Waals surface area contributed by atoms with Crippen molar-refractivity contribution in [1.29, 1.82) is 0 Å². The molecule has 1 fully saturated rings. The molecule has 2 aromatic carbocycles. The van der Waals surface area contributed by atoms with E-state index in [0.29, 0.717) is 32.5 Å². The first-order valence-electron chi connectivity index (χ1n) is 10.8. The third-order valence-corrected chi connectivity index (χ3v) is 7.61. The van der Waals surface area contributed by atoms with Crippen molar-refractivity contribution in [3.8, 4) is 5.75 Å². The summed E-state index contributed by atoms with van der Waals surface area (Å²) in [5.41, 5.74) is 2.98. The van der Waals surface area contributed by atoms with Crippen LogP contribution in [0.4, 0.5) is 0 Å². The number of piperidine rings is 1. The fraction of sp³-hybridized carbons (Fsp3) is 0.458. The van der Waals surface area contributed by atoms with Gasteiger partial charge in [0.05, 0.1) is 12.9 Å². The molecule has 0 aliphatic carbocycles. The lowest BCUT2D eigenvalue weighted by Gasteiger charge is -2.30. The molecule has 3 rings (SSSR count). The Morgan fingerprint density at radius 3 is 2.58 bits per heavy atom. The number of ether oxygens (including phenoxy) is 1. The summed E-state index contributed by atoms with van der Waals surface area (Å²) >= 11 is 0. The first-order chi connectivity index (χ1) is 14.9. The maximum absolute atomic E-state index is 12.8. The third kappa shape index (κ3) is 6.55. The number of amides is 1. The summed E-state index contributed by atoms with van der Waals surface area (Å²) < 4.78 is 32.4. The van der Waals surface area contributed by atoms with Crippen LogP contribution < -0.4 is 10.1 Å². The average Bonchev–Trinajstić information content (AvgIpc) is 2.76. The molecule has 0 saturated carbocycles. The molecule has 168 valence electrons. The molecule has 1 saturated heterocycles. The molecule has 1 aliphatic rings. The van der Waals surface area contributed by atoms with Gasteiger partial charge in [0.2, 0.25) is 15.9 Å². The summed E-state index contributed by atoms with van der Waals surface area (Å²) in [5, 5.41) is 3.01. The van der Waals surface area contributed by atoms with E-state index in [1.807, 2.05) is 55.5 Å². The lowest BCUT2D eigenvalue weighted by molar-refractivity contribution is -0.126. The van der Waals surface area contributed by atoms with Gasteiger partial charge in [-0.25, -0.2) is 12.7 Å². The smallest absolute Gasteiger partial charge is 0.223 e. The van der Waals surface area contributed by atoms with E-state index in [1.54, 1.807) is 7.11 Å². The maximum atomic E-state index is 12.8. The van der Waals surface area contributed by atoms with Crippen LogP contribution in [0, 0.1) is 12.8 Å². The van der Waals surface area contributed by atoms with Crippen LogP contribution in [0.3, 0.4) is 0 Å². The van der Waals surface area contributed by atoms with Crippen LogP contribution in [0.2, 0.25) is 0 Å². The number of methoxy groups -OCH3 is 1. The number of sulfonamides is 1. The van der Waals surface area contributed by atoms with E-state index >= 15 is 0 Å². The highest BCUT2D eigenvalue weighted by atomic mass is 32.2. The number of carbonyl (C=O) groups excluding carboxylic acids is 1. The van der Waals surface area contributed by atoms with Crippen molar-refractivity contribution >= 4 is 15.9 Å². The van der Waals surface area contributed by atoms with Crippen LogP contribution in [-0.4, -0.2) is 45.4 Å². The second-order valence-electron chi connectivity index (χ2n) is 8.13. The second-order valence-corrected chi connectivity index (χ2v) is 10.1. The quantitative estimate of drug-likeness (QED) is 0.602. The van der Waals surface area contributed by atoms with Crippen LogP contribution in [0.25, 0.3) is 0 Å². The van der Waals surface area contributed by atoms with E-state index in [-0.39, 0.29) is 17.6 Å². The molecule has 0 bridgehead atoms. The number of para-hydroxylation sites is 1. The minimum absolute atomic E-state index is 0.00842. The number of hydrogen-bond donors (Lipinski definition) is 1. The molecule has 0 aromatic heterocycles. The summed E-state index contributed by atoms with van der Waals surface area (Å²) in [4.78, 5) is 12.5. The molecule has 0 atom stereocenters. The molecule has 1 N–H and O–H groups in total. The SMILES string of the molecule is COc1ccccc1CCCNC(=O)C1CCN(S(=O)(=O)Cc2cccc(C)c2)CC1. The molecule has 2 aromatic rings. The number of hydrogen-bond acceptors (Lipinski definition) is 4. The predicted octanol–water partition coefficient (Wildman–Crippen LogP) is 3.29. The summed E-state index contributed by atoms with van der Waals surface area (Å²) in [6, 6.07) is 15.5. The zero-order valence-electron chi connectivity index (χ0n) is 18.3. The number of nitrogens with zero attached hydrogens (tertiary/aromatic N) is 1. The highest BCUT2D eigenvalue weighted by molar-refractivity contribution is 7.88. The number of benzene rings is 2. The van der Waals surface area contributed by atoms with Gasteiger partial charge in [0.15, 0.2) is 0 Å². The van der Waals surface area contributed by atoms with Gasteiger partial charge in [-0.3, -0.25) is 4.79 Å². The van der Waals surface area contributed by atoms with Crippen molar-refractivity contribution in [3.63, 3.8) is 0 Å². The van der Waals surface area contributed by atoms with Gasteiger partial charge < -0.3 is 10.1 Å². The monoisotopic (exact) mass is 444 g/mol. The minimum Gasteiger partial charge on any atom is -0.496 e. The van der Waals surface area contributed by atoms with Gasteiger partial charge in [-0.05, 0) is 49.8 Å². The Morgan fingerprint density at radius 1 is 1.13 bits per heavy atom. The molecule has 6 nitrogen and oxygen atoms in total. The Morgan fingerprint density at radius 2 is 1.87 bits per heavy atom. The number of aryl methyl sites for hydroxylation is 2. The molecule has 0 unspecified atom stereocenters. The molecule has 1 aliphatic heterocycles. The van der Waals surface area contributed by atoms with Gasteiger partial charge in [-0.2, -0.15) is 0 Å². The Balaban J connectivity index is 1.42. The van der Waals surface area contributed by atoms with E-state index in [1.165, 1.54) is 4.31 Å². The first-order valence-corrected chi connectivity index (χ1v) is 12.4. The Labute approximate surface area is 185 Å². The van der Waals surface area contributed by atoms with E-state index in [4.69, 9.17) is 4.74 Å². The molecule has 1 amide bonds. The molecular formula is C24H32N2O4S. The Bertz CT molecular complexity index is 983. The van der Waals surface area contributed by atoms with E-state index in [9.17, 15) is 13.2 Å². The van der Waals surface area contributed by atoms with Crippen molar-refractivity contribution < 1.29 is 17.9 Å². The van der Waals surface area contributed by atoms with Crippen LogP contribution in [0.15, 0.2) is 48.5 Å². The lowest BCUT2D eigenvalue weighted by atomic mass is 9.97. The summed E-state index contributed by atoms with van der Waals surface area (Å²) in [5.74, 6) is 0.773. The highest BCUT2D eigenvalue weighted by Crippen LogP contribution is 2.22. The number of carbonyl (C=O) groups is 1. The van der Waals surface area contributed by atoms with Crippen LogP contribution in [-0.2, 0) is 27.0 Å². The average molecular weight is 445 g/mol. The fourth-order valence-corrected chi connectivity index (χ4v) is 5.59. The molecule has 0 spiro atoms. The molecule has 31 heavy (non-hydrogen) atoms.